The minimum absolute atomic E-state index is 0. The molecular formula is C11H15F2IN2OS. The van der Waals surface area contributed by atoms with Gasteiger partial charge < -0.3 is 28.8 Å². The van der Waals surface area contributed by atoms with E-state index in [0.717, 1.165) is 6.07 Å². The van der Waals surface area contributed by atoms with Gasteiger partial charge in [-0.2, -0.15) is 0 Å². The van der Waals surface area contributed by atoms with Crippen LogP contribution in [0, 0.1) is 11.6 Å². The van der Waals surface area contributed by atoms with Gasteiger partial charge in [0.2, 0.25) is 0 Å². The summed E-state index contributed by atoms with van der Waals surface area (Å²) in [5.41, 5.74) is 4.80. The molecule has 0 aliphatic heterocycles. The number of rotatable bonds is 2. The number of amidine groups is 1. The van der Waals surface area contributed by atoms with Crippen LogP contribution in [0.2, 0.25) is 0 Å². The number of carbonyl (C=O) groups is 1. The third kappa shape index (κ3) is 6.29. The zero-order valence-electron chi connectivity index (χ0n) is 10.3. The Morgan fingerprint density at radius 2 is 1.78 bits per heavy atom. The Morgan fingerprint density at radius 1 is 1.33 bits per heavy atom. The first-order valence-corrected chi connectivity index (χ1v) is 5.91. The molecule has 3 nitrogen and oxygen atoms in total. The van der Waals surface area contributed by atoms with Crippen LogP contribution in [0.3, 0.4) is 0 Å². The summed E-state index contributed by atoms with van der Waals surface area (Å²) in [6, 6.07) is 2.49. The van der Waals surface area contributed by atoms with Gasteiger partial charge in [0.05, 0.1) is 0 Å². The van der Waals surface area contributed by atoms with E-state index in [1.807, 2.05) is 0 Å². The van der Waals surface area contributed by atoms with Crippen molar-refractivity contribution in [2.24, 2.45) is 5.73 Å². The van der Waals surface area contributed by atoms with Crippen molar-refractivity contribution in [3.63, 3.8) is 0 Å². The van der Waals surface area contributed by atoms with E-state index in [0.29, 0.717) is 4.90 Å². The predicted molar refractivity (Wildman–Crippen MR) is 64.7 cm³/mol. The summed E-state index contributed by atoms with van der Waals surface area (Å²) in [6.45, 7) is 3.06. The molecule has 0 radical (unpaired) electrons. The molecule has 0 atom stereocenters. The standard InChI is InChI=1S/C8H8F2N2S.C3H6O.HI/c1-13-5-3-2-4(9)6(7(5)10)8(11)12;1-3(2)4;/h2-3H,1H3,(H3,11,12);1-2H3;1H. The molecule has 102 valence electrons. The van der Waals surface area contributed by atoms with Crippen LogP contribution in [0.4, 0.5) is 8.78 Å². The van der Waals surface area contributed by atoms with Crippen LogP contribution >= 0.6 is 11.8 Å². The van der Waals surface area contributed by atoms with Gasteiger partial charge in [0.25, 0.3) is 5.84 Å². The highest BCUT2D eigenvalue weighted by Crippen LogP contribution is 2.23. The molecule has 0 heterocycles. The van der Waals surface area contributed by atoms with E-state index in [1.54, 1.807) is 6.26 Å². The van der Waals surface area contributed by atoms with Crippen molar-refractivity contribution in [2.75, 3.05) is 6.26 Å². The highest BCUT2D eigenvalue weighted by molar-refractivity contribution is 7.98. The number of hydrogen-bond donors (Lipinski definition) is 2. The summed E-state index contributed by atoms with van der Waals surface area (Å²) >= 11 is 1.17. The first-order valence-electron chi connectivity index (χ1n) is 4.68. The highest BCUT2D eigenvalue weighted by Gasteiger charge is 2.18. The molecule has 18 heavy (non-hydrogen) atoms. The number of carbonyl (C=O) groups excluding carboxylic acids is 1. The van der Waals surface area contributed by atoms with Crippen molar-refractivity contribution in [3.8, 4) is 0 Å². The Labute approximate surface area is 126 Å². The van der Waals surface area contributed by atoms with Gasteiger partial charge in [0.1, 0.15) is 17.2 Å². The summed E-state index contributed by atoms with van der Waals surface area (Å²) < 4.78 is 26.3. The van der Waals surface area contributed by atoms with Crippen LogP contribution in [0.25, 0.3) is 0 Å². The molecule has 0 amide bonds. The Balaban J connectivity index is 0. The number of halogens is 3. The third-order valence-electron chi connectivity index (χ3n) is 1.56. The maximum Gasteiger partial charge on any atom is 0.276 e. The lowest BCUT2D eigenvalue weighted by Gasteiger charge is -2.03. The van der Waals surface area contributed by atoms with Crippen LogP contribution < -0.4 is 35.1 Å². The average Bonchev–Trinajstić information content (AvgIpc) is 2.16. The molecule has 0 saturated carbocycles. The SMILES string of the molecule is CC(C)=O.CSc1ccc(F)c(C(N)=[NH2+])c1F.[I-]. The van der Waals surface area contributed by atoms with Crippen LogP contribution in [-0.2, 0) is 4.79 Å². The number of nitrogens with two attached hydrogens (primary N) is 2. The topological polar surface area (TPSA) is 68.7 Å². The Morgan fingerprint density at radius 3 is 2.11 bits per heavy atom. The van der Waals surface area contributed by atoms with Gasteiger partial charge in [-0.1, -0.05) is 0 Å². The molecule has 0 aliphatic carbocycles. The molecule has 0 bridgehead atoms. The number of hydrogen-bond acceptors (Lipinski definition) is 2. The summed E-state index contributed by atoms with van der Waals surface area (Å²) in [6.07, 6.45) is 1.69. The molecule has 1 aromatic rings. The molecule has 7 heteroatoms. The average molecular weight is 388 g/mol. The second-order valence-corrected chi connectivity index (χ2v) is 4.15. The van der Waals surface area contributed by atoms with Crippen LogP contribution in [0.5, 0.6) is 0 Å². The lowest BCUT2D eigenvalue weighted by molar-refractivity contribution is -0.115. The predicted octanol–water partition coefficient (Wildman–Crippen LogP) is -2.25. The Bertz CT molecular complexity index is 437. The van der Waals surface area contributed by atoms with Crippen molar-refractivity contribution in [1.82, 2.24) is 0 Å². The molecule has 0 spiro atoms. The fraction of sp³-hybridized carbons (Fsp3) is 0.273. The minimum atomic E-state index is -0.740. The monoisotopic (exact) mass is 388 g/mol. The summed E-state index contributed by atoms with van der Waals surface area (Å²) in [4.78, 5) is 9.77. The van der Waals surface area contributed by atoms with Crippen LogP contribution in [-0.4, -0.2) is 17.9 Å². The van der Waals surface area contributed by atoms with Gasteiger partial charge in [-0.3, -0.25) is 11.1 Å². The molecule has 0 fully saturated rings. The zero-order valence-corrected chi connectivity index (χ0v) is 13.2. The van der Waals surface area contributed by atoms with Gasteiger partial charge >= 0.3 is 0 Å². The van der Waals surface area contributed by atoms with Gasteiger partial charge in [0.15, 0.2) is 5.82 Å². The lowest BCUT2D eigenvalue weighted by atomic mass is 10.2. The lowest BCUT2D eigenvalue weighted by Crippen LogP contribution is -3.00. The normalized spacial score (nSPS) is 8.72. The molecule has 4 N–H and O–H groups in total. The Hall–Kier alpha value is -0.700. The van der Waals surface area contributed by atoms with Crippen molar-refractivity contribution in [3.05, 3.63) is 29.3 Å². The molecule has 1 rings (SSSR count). The number of Topliss-reactive ketones (excluding diaryl/α,β-unsaturated/α-hetero) is 1. The first kappa shape index (κ1) is 19.6. The van der Waals surface area contributed by atoms with Crippen LogP contribution in [0.15, 0.2) is 17.0 Å². The van der Waals surface area contributed by atoms with Gasteiger partial charge in [-0.25, -0.2) is 8.78 Å². The van der Waals surface area contributed by atoms with Crippen molar-refractivity contribution < 1.29 is 43.0 Å². The van der Waals surface area contributed by atoms with Crippen molar-refractivity contribution in [2.45, 2.75) is 18.7 Å². The van der Waals surface area contributed by atoms with E-state index >= 15 is 0 Å². The molecule has 0 unspecified atom stereocenters. The first-order chi connectivity index (χ1) is 7.81. The molecule has 1 aromatic carbocycles. The highest BCUT2D eigenvalue weighted by atomic mass is 127. The summed E-state index contributed by atoms with van der Waals surface area (Å²) in [5, 5.41) is 5.14. The molecular weight excluding hydrogens is 373 g/mol. The molecule has 0 saturated heterocycles. The van der Waals surface area contributed by atoms with E-state index in [4.69, 9.17) is 11.1 Å². The van der Waals surface area contributed by atoms with Crippen molar-refractivity contribution in [1.29, 1.82) is 0 Å². The fourth-order valence-electron chi connectivity index (χ4n) is 0.956. The second kappa shape index (κ2) is 9.26. The summed E-state index contributed by atoms with van der Waals surface area (Å²) in [5.74, 6) is -1.62. The van der Waals surface area contributed by atoms with Gasteiger partial charge in [-0.15, -0.1) is 11.8 Å². The largest absolute Gasteiger partial charge is 1.00 e. The van der Waals surface area contributed by atoms with Gasteiger partial charge in [0, 0.05) is 4.90 Å². The molecule has 0 aromatic heterocycles. The number of benzene rings is 1. The van der Waals surface area contributed by atoms with E-state index in [1.165, 1.54) is 31.7 Å². The maximum absolute atomic E-state index is 13.3. The number of ketones is 1. The van der Waals surface area contributed by atoms with E-state index in [2.05, 4.69) is 0 Å². The maximum atomic E-state index is 13.3. The fourth-order valence-corrected chi connectivity index (χ4v) is 1.44. The second-order valence-electron chi connectivity index (χ2n) is 3.30. The van der Waals surface area contributed by atoms with E-state index in [-0.39, 0.29) is 41.2 Å². The van der Waals surface area contributed by atoms with E-state index < -0.39 is 11.6 Å². The van der Waals surface area contributed by atoms with Crippen LogP contribution in [0.1, 0.15) is 19.4 Å². The Kier molecular flexibility index (Phi) is 10.1. The quantitative estimate of drug-likeness (QED) is 0.261. The van der Waals surface area contributed by atoms with Crippen molar-refractivity contribution >= 4 is 23.4 Å². The third-order valence-corrected chi connectivity index (χ3v) is 2.32. The minimum Gasteiger partial charge on any atom is -1.00 e. The molecule has 0 aliphatic rings. The van der Waals surface area contributed by atoms with E-state index in [9.17, 15) is 13.6 Å². The van der Waals surface area contributed by atoms with Gasteiger partial charge in [-0.05, 0) is 32.2 Å². The summed E-state index contributed by atoms with van der Waals surface area (Å²) in [7, 11) is 0. The zero-order chi connectivity index (χ0) is 13.6. The smallest absolute Gasteiger partial charge is 0.276 e. The number of thioether (sulfide) groups is 1.